The third-order valence-corrected chi connectivity index (χ3v) is 3.43. The maximum Gasteiger partial charge on any atom is 0.256 e. The average molecular weight is 333 g/mol. The zero-order valence-electron chi connectivity index (χ0n) is 9.71. The number of nitrogens with one attached hydrogen (secondary N) is 1. The van der Waals surface area contributed by atoms with Crippen molar-refractivity contribution in [2.75, 3.05) is 12.4 Å². The molecule has 0 radical (unpaired) electrons. The highest BCUT2D eigenvalue weighted by Crippen LogP contribution is 2.18. The Kier molecular flexibility index (Phi) is 4.73. The van der Waals surface area contributed by atoms with Crippen LogP contribution in [0.1, 0.15) is 20.3 Å². The molecular formula is C12H16INO2. The van der Waals surface area contributed by atoms with Gasteiger partial charge in [-0.25, -0.2) is 0 Å². The smallest absolute Gasteiger partial charge is 0.256 e. The zero-order chi connectivity index (χ0) is 12.2. The lowest BCUT2D eigenvalue weighted by molar-refractivity contribution is -0.136. The minimum atomic E-state index is -0.761. The predicted octanol–water partition coefficient (Wildman–Crippen LogP) is 3.04. The Hall–Kier alpha value is -0.620. The van der Waals surface area contributed by atoms with E-state index in [-0.39, 0.29) is 5.91 Å². The molecule has 0 saturated heterocycles. The number of anilines is 1. The van der Waals surface area contributed by atoms with Crippen LogP contribution in [0, 0.1) is 3.57 Å². The van der Waals surface area contributed by atoms with Crippen LogP contribution in [0.3, 0.4) is 0 Å². The number of halogens is 1. The van der Waals surface area contributed by atoms with Gasteiger partial charge in [-0.1, -0.05) is 6.92 Å². The predicted molar refractivity (Wildman–Crippen MR) is 73.5 cm³/mol. The Morgan fingerprint density at radius 3 is 2.44 bits per heavy atom. The van der Waals surface area contributed by atoms with Gasteiger partial charge in [0.1, 0.15) is 5.60 Å². The summed E-state index contributed by atoms with van der Waals surface area (Å²) in [5.41, 5.74) is 0.0327. The first-order valence-corrected chi connectivity index (χ1v) is 6.22. The highest BCUT2D eigenvalue weighted by Gasteiger charge is 2.30. The van der Waals surface area contributed by atoms with Gasteiger partial charge in [0.25, 0.3) is 5.91 Å². The van der Waals surface area contributed by atoms with E-state index >= 15 is 0 Å². The Labute approximate surface area is 110 Å². The van der Waals surface area contributed by atoms with Crippen LogP contribution in [-0.2, 0) is 9.53 Å². The minimum absolute atomic E-state index is 0.112. The largest absolute Gasteiger partial charge is 0.369 e. The number of hydrogen-bond acceptors (Lipinski definition) is 2. The van der Waals surface area contributed by atoms with Gasteiger partial charge in [-0.2, -0.15) is 0 Å². The van der Waals surface area contributed by atoms with Gasteiger partial charge in [0.05, 0.1) is 0 Å². The van der Waals surface area contributed by atoms with Gasteiger partial charge >= 0.3 is 0 Å². The van der Waals surface area contributed by atoms with Gasteiger partial charge in [0.2, 0.25) is 0 Å². The van der Waals surface area contributed by atoms with Crippen molar-refractivity contribution < 1.29 is 9.53 Å². The summed E-state index contributed by atoms with van der Waals surface area (Å²) < 4.78 is 6.37. The monoisotopic (exact) mass is 333 g/mol. The van der Waals surface area contributed by atoms with Crippen LogP contribution >= 0.6 is 22.6 Å². The van der Waals surface area contributed by atoms with E-state index in [1.54, 1.807) is 14.0 Å². The molecule has 1 rings (SSSR count). The molecule has 1 atom stereocenters. The van der Waals surface area contributed by atoms with Crippen molar-refractivity contribution in [3.63, 3.8) is 0 Å². The van der Waals surface area contributed by atoms with Crippen molar-refractivity contribution in [2.45, 2.75) is 25.9 Å². The summed E-state index contributed by atoms with van der Waals surface area (Å²) in [5.74, 6) is -0.112. The molecule has 0 aliphatic heterocycles. The number of ether oxygens (including phenoxy) is 1. The van der Waals surface area contributed by atoms with Gasteiger partial charge < -0.3 is 10.1 Å². The van der Waals surface area contributed by atoms with Crippen LogP contribution < -0.4 is 5.32 Å². The maximum absolute atomic E-state index is 11.9. The second-order valence-electron chi connectivity index (χ2n) is 3.75. The Bertz CT molecular complexity index is 358. The van der Waals surface area contributed by atoms with E-state index < -0.39 is 5.60 Å². The van der Waals surface area contributed by atoms with E-state index in [2.05, 4.69) is 27.9 Å². The molecule has 0 bridgehead atoms. The van der Waals surface area contributed by atoms with Crippen LogP contribution in [0.15, 0.2) is 24.3 Å². The highest BCUT2D eigenvalue weighted by atomic mass is 127. The normalized spacial score (nSPS) is 14.2. The molecule has 4 heteroatoms. The SMILES string of the molecule is CCC(C)(OC)C(=O)Nc1ccc(I)cc1. The van der Waals surface area contributed by atoms with Gasteiger partial charge in [0.15, 0.2) is 0 Å². The van der Waals surface area contributed by atoms with E-state index in [9.17, 15) is 4.79 Å². The zero-order valence-corrected chi connectivity index (χ0v) is 11.9. The van der Waals surface area contributed by atoms with E-state index in [0.29, 0.717) is 6.42 Å². The number of amides is 1. The third-order valence-electron chi connectivity index (χ3n) is 2.71. The number of carbonyl (C=O) groups is 1. The molecule has 0 spiro atoms. The standard InChI is InChI=1S/C12H16INO2/c1-4-12(2,16-3)11(15)14-10-7-5-9(13)6-8-10/h5-8H,4H2,1-3H3,(H,14,15). The van der Waals surface area contributed by atoms with Crippen LogP contribution in [-0.4, -0.2) is 18.6 Å². The van der Waals surface area contributed by atoms with E-state index in [1.807, 2.05) is 31.2 Å². The first-order valence-electron chi connectivity index (χ1n) is 5.14. The quantitative estimate of drug-likeness (QED) is 0.860. The summed E-state index contributed by atoms with van der Waals surface area (Å²) >= 11 is 2.22. The molecule has 0 heterocycles. The summed E-state index contributed by atoms with van der Waals surface area (Å²) in [6.07, 6.45) is 0.639. The lowest BCUT2D eigenvalue weighted by Gasteiger charge is -2.25. The summed E-state index contributed by atoms with van der Waals surface area (Å²) in [5, 5.41) is 2.84. The summed E-state index contributed by atoms with van der Waals surface area (Å²) in [4.78, 5) is 11.9. The molecule has 0 aromatic heterocycles. The molecule has 16 heavy (non-hydrogen) atoms. The van der Waals surface area contributed by atoms with Gasteiger partial charge in [0, 0.05) is 16.4 Å². The first kappa shape index (κ1) is 13.4. The molecule has 1 N–H and O–H groups in total. The Balaban J connectivity index is 2.74. The second kappa shape index (κ2) is 5.63. The van der Waals surface area contributed by atoms with Crippen molar-refractivity contribution >= 4 is 34.2 Å². The molecule has 88 valence electrons. The Morgan fingerprint density at radius 2 is 2.00 bits per heavy atom. The fraction of sp³-hybridized carbons (Fsp3) is 0.417. The summed E-state index contributed by atoms with van der Waals surface area (Å²) in [6, 6.07) is 7.66. The second-order valence-corrected chi connectivity index (χ2v) is 5.00. The highest BCUT2D eigenvalue weighted by molar-refractivity contribution is 14.1. The molecule has 0 saturated carbocycles. The molecule has 1 amide bonds. The molecule has 1 aromatic carbocycles. The van der Waals surface area contributed by atoms with E-state index in [0.717, 1.165) is 9.26 Å². The van der Waals surface area contributed by atoms with Crippen molar-refractivity contribution in [3.05, 3.63) is 27.8 Å². The van der Waals surface area contributed by atoms with E-state index in [4.69, 9.17) is 4.74 Å². The molecule has 1 aromatic rings. The van der Waals surface area contributed by atoms with Gasteiger partial charge in [-0.05, 0) is 60.2 Å². The molecule has 3 nitrogen and oxygen atoms in total. The topological polar surface area (TPSA) is 38.3 Å². The van der Waals surface area contributed by atoms with Crippen molar-refractivity contribution in [2.24, 2.45) is 0 Å². The van der Waals surface area contributed by atoms with Crippen molar-refractivity contribution in [3.8, 4) is 0 Å². The van der Waals surface area contributed by atoms with Crippen molar-refractivity contribution in [1.29, 1.82) is 0 Å². The number of methoxy groups -OCH3 is 1. The molecule has 1 unspecified atom stereocenters. The number of carbonyl (C=O) groups excluding carboxylic acids is 1. The summed E-state index contributed by atoms with van der Waals surface area (Å²) in [6.45, 7) is 3.71. The average Bonchev–Trinajstić information content (AvgIpc) is 2.31. The van der Waals surface area contributed by atoms with E-state index in [1.165, 1.54) is 0 Å². The lowest BCUT2D eigenvalue weighted by atomic mass is 10.0. The van der Waals surface area contributed by atoms with Crippen LogP contribution in [0.5, 0.6) is 0 Å². The van der Waals surface area contributed by atoms with Gasteiger partial charge in [-0.15, -0.1) is 0 Å². The number of hydrogen-bond donors (Lipinski definition) is 1. The first-order chi connectivity index (χ1) is 7.51. The number of rotatable bonds is 4. The summed E-state index contributed by atoms with van der Waals surface area (Å²) in [7, 11) is 1.55. The minimum Gasteiger partial charge on any atom is -0.369 e. The van der Waals surface area contributed by atoms with Gasteiger partial charge in [-0.3, -0.25) is 4.79 Å². The van der Waals surface area contributed by atoms with Crippen LogP contribution in [0.2, 0.25) is 0 Å². The number of benzene rings is 1. The third kappa shape index (κ3) is 3.18. The molecule has 0 aliphatic carbocycles. The van der Waals surface area contributed by atoms with Crippen LogP contribution in [0.25, 0.3) is 0 Å². The molecule has 0 aliphatic rings. The lowest BCUT2D eigenvalue weighted by Crippen LogP contribution is -2.41. The molecule has 0 fully saturated rings. The fourth-order valence-electron chi connectivity index (χ4n) is 1.19. The van der Waals surface area contributed by atoms with Crippen LogP contribution in [0.4, 0.5) is 5.69 Å². The Morgan fingerprint density at radius 1 is 1.44 bits per heavy atom. The maximum atomic E-state index is 11.9. The van der Waals surface area contributed by atoms with Crippen molar-refractivity contribution in [1.82, 2.24) is 0 Å². The molecular weight excluding hydrogens is 317 g/mol. The fourth-order valence-corrected chi connectivity index (χ4v) is 1.55.